The maximum atomic E-state index is 13.2. The van der Waals surface area contributed by atoms with Gasteiger partial charge in [-0.05, 0) is 61.7 Å². The van der Waals surface area contributed by atoms with Gasteiger partial charge in [-0.2, -0.15) is 18.2 Å². The summed E-state index contributed by atoms with van der Waals surface area (Å²) in [5.74, 6) is 0.503. The normalized spacial score (nSPS) is 15.8. The average Bonchev–Trinajstić information content (AvgIpc) is 3.19. The molecule has 0 atom stereocenters. The smallest absolute Gasteiger partial charge is 0.435 e. The summed E-state index contributed by atoms with van der Waals surface area (Å²) >= 11 is 0. The first-order valence-electron chi connectivity index (χ1n) is 10.2. The van der Waals surface area contributed by atoms with Gasteiger partial charge in [-0.3, -0.25) is 9.47 Å². The van der Waals surface area contributed by atoms with Crippen LogP contribution in [0, 0.1) is 5.92 Å². The van der Waals surface area contributed by atoms with Crippen molar-refractivity contribution in [1.29, 1.82) is 0 Å². The van der Waals surface area contributed by atoms with Gasteiger partial charge in [0.2, 0.25) is 0 Å². The van der Waals surface area contributed by atoms with Crippen LogP contribution in [-0.4, -0.2) is 39.3 Å². The molecule has 4 rings (SSSR count). The number of phenols is 1. The van der Waals surface area contributed by atoms with Gasteiger partial charge in [0, 0.05) is 12.7 Å². The molecule has 0 spiro atoms. The van der Waals surface area contributed by atoms with E-state index in [4.69, 9.17) is 4.74 Å². The number of aromatic nitrogens is 2. The van der Waals surface area contributed by atoms with E-state index in [1.807, 2.05) is 12.1 Å². The number of piperidine rings is 1. The van der Waals surface area contributed by atoms with Gasteiger partial charge in [0.25, 0.3) is 0 Å². The lowest BCUT2D eigenvalue weighted by Crippen LogP contribution is -2.35. The first-order chi connectivity index (χ1) is 14.9. The second-order valence-electron chi connectivity index (χ2n) is 7.81. The van der Waals surface area contributed by atoms with E-state index in [-0.39, 0.29) is 17.7 Å². The number of alkyl halides is 3. The number of halogens is 3. The second-order valence-corrected chi connectivity index (χ2v) is 7.81. The van der Waals surface area contributed by atoms with Crippen LogP contribution in [-0.2, 0) is 12.7 Å². The Labute approximate surface area is 178 Å². The highest BCUT2D eigenvalue weighted by Gasteiger charge is 2.35. The number of hydrogen-bond donors (Lipinski definition) is 1. The van der Waals surface area contributed by atoms with Crippen LogP contribution in [0.2, 0.25) is 0 Å². The van der Waals surface area contributed by atoms with Crippen molar-refractivity contribution in [1.82, 2.24) is 14.5 Å². The molecule has 31 heavy (non-hydrogen) atoms. The minimum absolute atomic E-state index is 0.0410. The van der Waals surface area contributed by atoms with E-state index >= 15 is 0 Å². The lowest BCUT2D eigenvalue weighted by molar-refractivity contribution is -0.141. The van der Waals surface area contributed by atoms with Crippen LogP contribution < -0.4 is 4.74 Å². The van der Waals surface area contributed by atoms with Gasteiger partial charge in [-0.25, -0.2) is 0 Å². The molecule has 3 aromatic rings. The third-order valence-electron chi connectivity index (χ3n) is 5.47. The SMILES string of the molecule is Oc1cccc(CN2CCC(COc3nc(C(F)(F)F)cn3-c3ccccc3)CC2)c1. The topological polar surface area (TPSA) is 50.5 Å². The van der Waals surface area contributed by atoms with E-state index in [2.05, 4.69) is 9.88 Å². The Morgan fingerprint density at radius 3 is 2.45 bits per heavy atom. The summed E-state index contributed by atoms with van der Waals surface area (Å²) in [6.07, 6.45) is -1.79. The summed E-state index contributed by atoms with van der Waals surface area (Å²) in [6, 6.07) is 15.9. The number of imidazole rings is 1. The predicted molar refractivity (Wildman–Crippen MR) is 110 cm³/mol. The van der Waals surface area contributed by atoms with Gasteiger partial charge in [0.1, 0.15) is 5.75 Å². The monoisotopic (exact) mass is 431 g/mol. The molecular weight excluding hydrogens is 407 g/mol. The molecule has 1 saturated heterocycles. The standard InChI is InChI=1S/C23H24F3N3O2/c24-23(25,26)21-15-29(19-6-2-1-3-7-19)22(27-21)31-16-17-9-11-28(12-10-17)14-18-5-4-8-20(30)13-18/h1-8,13,15,17,30H,9-12,14,16H2. The highest BCUT2D eigenvalue weighted by molar-refractivity contribution is 5.36. The number of rotatable bonds is 6. The summed E-state index contributed by atoms with van der Waals surface area (Å²) in [5.41, 5.74) is 0.660. The maximum absolute atomic E-state index is 13.2. The Balaban J connectivity index is 1.37. The van der Waals surface area contributed by atoms with Crippen LogP contribution in [0.3, 0.4) is 0 Å². The Morgan fingerprint density at radius 2 is 1.77 bits per heavy atom. The molecule has 164 valence electrons. The Kier molecular flexibility index (Phi) is 6.18. The molecule has 2 heterocycles. The summed E-state index contributed by atoms with van der Waals surface area (Å²) in [7, 11) is 0. The van der Waals surface area contributed by atoms with Gasteiger partial charge < -0.3 is 9.84 Å². The van der Waals surface area contributed by atoms with Crippen molar-refractivity contribution in [3.63, 3.8) is 0 Å². The van der Waals surface area contributed by atoms with Crippen LogP contribution in [0.4, 0.5) is 13.2 Å². The van der Waals surface area contributed by atoms with E-state index in [1.54, 1.807) is 42.5 Å². The van der Waals surface area contributed by atoms with Gasteiger partial charge in [0.15, 0.2) is 5.69 Å². The molecule has 1 aliphatic rings. The Morgan fingerprint density at radius 1 is 1.03 bits per heavy atom. The molecule has 0 aliphatic carbocycles. The molecular formula is C23H24F3N3O2. The molecule has 1 fully saturated rings. The molecule has 1 aromatic heterocycles. The summed E-state index contributed by atoms with van der Waals surface area (Å²) in [5, 5.41) is 9.61. The van der Waals surface area contributed by atoms with Gasteiger partial charge in [-0.1, -0.05) is 30.3 Å². The highest BCUT2D eigenvalue weighted by atomic mass is 19.4. The van der Waals surface area contributed by atoms with E-state index in [1.165, 1.54) is 4.57 Å². The zero-order valence-corrected chi connectivity index (χ0v) is 16.9. The third-order valence-corrected chi connectivity index (χ3v) is 5.47. The molecule has 1 N–H and O–H groups in total. The number of ether oxygens (including phenoxy) is 1. The molecule has 0 saturated carbocycles. The Bertz CT molecular complexity index is 997. The summed E-state index contributed by atoms with van der Waals surface area (Å²) < 4.78 is 46.7. The minimum Gasteiger partial charge on any atom is -0.508 e. The van der Waals surface area contributed by atoms with Crippen LogP contribution in [0.5, 0.6) is 11.8 Å². The minimum atomic E-state index is -4.53. The Hall–Kier alpha value is -3.00. The van der Waals surface area contributed by atoms with Crippen LogP contribution in [0.25, 0.3) is 5.69 Å². The molecule has 1 aliphatic heterocycles. The van der Waals surface area contributed by atoms with Crippen molar-refractivity contribution in [3.05, 3.63) is 72.1 Å². The van der Waals surface area contributed by atoms with Crippen molar-refractivity contribution < 1.29 is 23.0 Å². The molecule has 2 aromatic carbocycles. The van der Waals surface area contributed by atoms with Gasteiger partial charge in [-0.15, -0.1) is 0 Å². The quantitative estimate of drug-likeness (QED) is 0.604. The number of phenolic OH excluding ortho intramolecular Hbond substituents is 1. The van der Waals surface area contributed by atoms with Gasteiger partial charge >= 0.3 is 12.2 Å². The molecule has 5 nitrogen and oxygen atoms in total. The van der Waals surface area contributed by atoms with Crippen molar-refractivity contribution in [2.75, 3.05) is 19.7 Å². The number of benzene rings is 2. The number of hydrogen-bond acceptors (Lipinski definition) is 4. The van der Waals surface area contributed by atoms with Crippen molar-refractivity contribution in [3.8, 4) is 17.4 Å². The second kappa shape index (κ2) is 9.01. The largest absolute Gasteiger partial charge is 0.508 e. The van der Waals surface area contributed by atoms with Crippen molar-refractivity contribution in [2.24, 2.45) is 5.92 Å². The van der Waals surface area contributed by atoms with Crippen molar-refractivity contribution >= 4 is 0 Å². The number of aromatic hydroxyl groups is 1. The molecule has 0 unspecified atom stereocenters. The van der Waals surface area contributed by atoms with Crippen LogP contribution in [0.1, 0.15) is 24.1 Å². The fourth-order valence-electron chi connectivity index (χ4n) is 3.79. The van der Waals surface area contributed by atoms with E-state index in [9.17, 15) is 18.3 Å². The lowest BCUT2D eigenvalue weighted by Gasteiger charge is -2.31. The zero-order chi connectivity index (χ0) is 21.8. The lowest BCUT2D eigenvalue weighted by atomic mass is 9.97. The van der Waals surface area contributed by atoms with Crippen molar-refractivity contribution in [2.45, 2.75) is 25.6 Å². The fourth-order valence-corrected chi connectivity index (χ4v) is 3.79. The first kappa shape index (κ1) is 21.2. The zero-order valence-electron chi connectivity index (χ0n) is 16.9. The average molecular weight is 431 g/mol. The van der Waals surface area contributed by atoms with Crippen LogP contribution in [0.15, 0.2) is 60.8 Å². The van der Waals surface area contributed by atoms with E-state index in [0.717, 1.165) is 44.2 Å². The molecule has 8 heteroatoms. The number of likely N-dealkylation sites (tertiary alicyclic amines) is 1. The number of nitrogens with zero attached hydrogens (tertiary/aromatic N) is 3. The van der Waals surface area contributed by atoms with E-state index < -0.39 is 11.9 Å². The third kappa shape index (κ3) is 5.38. The van der Waals surface area contributed by atoms with Gasteiger partial charge in [0.05, 0.1) is 12.3 Å². The molecule has 0 bridgehead atoms. The van der Waals surface area contributed by atoms with Crippen LogP contribution >= 0.6 is 0 Å². The number of para-hydroxylation sites is 1. The fraction of sp³-hybridized carbons (Fsp3) is 0.348. The maximum Gasteiger partial charge on any atom is 0.435 e. The molecule has 0 amide bonds. The summed E-state index contributed by atoms with van der Waals surface area (Å²) in [4.78, 5) is 6.01. The predicted octanol–water partition coefficient (Wildman–Crippen LogP) is 4.89. The van der Waals surface area contributed by atoms with E-state index in [0.29, 0.717) is 12.3 Å². The highest BCUT2D eigenvalue weighted by Crippen LogP contribution is 2.32. The summed E-state index contributed by atoms with van der Waals surface area (Å²) in [6.45, 7) is 2.81. The first-order valence-corrected chi connectivity index (χ1v) is 10.2. The molecule has 0 radical (unpaired) electrons.